The van der Waals surface area contributed by atoms with Gasteiger partial charge in [0.2, 0.25) is 5.78 Å². The van der Waals surface area contributed by atoms with E-state index >= 15 is 0 Å². The number of ether oxygens (including phenoxy) is 1. The molecule has 0 unspecified atom stereocenters. The predicted molar refractivity (Wildman–Crippen MR) is 128 cm³/mol. The number of aryl methyl sites for hydroxylation is 1. The summed E-state index contributed by atoms with van der Waals surface area (Å²) >= 11 is 1.51. The molecular formula is C25H20N4O3S. The van der Waals surface area contributed by atoms with Gasteiger partial charge in [0.1, 0.15) is 0 Å². The molecule has 164 valence electrons. The summed E-state index contributed by atoms with van der Waals surface area (Å²) in [6.45, 7) is 2.01. The summed E-state index contributed by atoms with van der Waals surface area (Å²) in [5.41, 5.74) is 4.01. The molecule has 7 nitrogen and oxygen atoms in total. The second-order valence-corrected chi connectivity index (χ2v) is 8.53. The van der Waals surface area contributed by atoms with Crippen LogP contribution in [0, 0.1) is 6.92 Å². The van der Waals surface area contributed by atoms with E-state index in [1.807, 2.05) is 72.0 Å². The lowest BCUT2D eigenvalue weighted by Gasteiger charge is -2.11. The van der Waals surface area contributed by atoms with Gasteiger partial charge in [0.15, 0.2) is 5.16 Å². The van der Waals surface area contributed by atoms with Crippen molar-refractivity contribution in [2.24, 2.45) is 0 Å². The first-order chi connectivity index (χ1) is 16.1. The van der Waals surface area contributed by atoms with Gasteiger partial charge in [-0.3, -0.25) is 9.20 Å². The third-order valence-corrected chi connectivity index (χ3v) is 6.43. The molecule has 0 atom stereocenters. The molecule has 0 aliphatic rings. The quantitative estimate of drug-likeness (QED) is 0.288. The Balaban J connectivity index is 1.59. The molecule has 33 heavy (non-hydrogen) atoms. The number of thioether (sulfide) groups is 1. The molecule has 0 bridgehead atoms. The van der Waals surface area contributed by atoms with E-state index in [1.54, 1.807) is 16.7 Å². The minimum absolute atomic E-state index is 0.135. The van der Waals surface area contributed by atoms with Crippen LogP contribution in [-0.4, -0.2) is 32.2 Å². The molecule has 3 aromatic carbocycles. The number of aromatic nitrogens is 4. The zero-order valence-corrected chi connectivity index (χ0v) is 18.9. The number of benzene rings is 3. The topological polar surface area (TPSA) is 78.5 Å². The summed E-state index contributed by atoms with van der Waals surface area (Å²) in [4.78, 5) is 25.0. The van der Waals surface area contributed by atoms with Crippen molar-refractivity contribution in [3.63, 3.8) is 0 Å². The third kappa shape index (κ3) is 3.78. The lowest BCUT2D eigenvalue weighted by atomic mass is 10.1. The number of carbonyl (C=O) groups is 1. The highest BCUT2D eigenvalue weighted by Crippen LogP contribution is 2.26. The smallest absolute Gasteiger partial charge is 0.337 e. The predicted octanol–water partition coefficient (Wildman–Crippen LogP) is 4.42. The summed E-state index contributed by atoms with van der Waals surface area (Å²) < 4.78 is 8.28. The summed E-state index contributed by atoms with van der Waals surface area (Å²) in [5, 5.41) is 10.1. The van der Waals surface area contributed by atoms with E-state index in [9.17, 15) is 9.59 Å². The average Bonchev–Trinajstić information content (AvgIpc) is 3.27. The fourth-order valence-corrected chi connectivity index (χ4v) is 4.60. The first kappa shape index (κ1) is 21.0. The number of hydrogen-bond donors (Lipinski definition) is 0. The Hall–Kier alpha value is -3.91. The number of esters is 1. The number of methoxy groups -OCH3 is 1. The largest absolute Gasteiger partial charge is 0.465 e. The maximum atomic E-state index is 13.4. The van der Waals surface area contributed by atoms with Crippen molar-refractivity contribution in [2.75, 3.05) is 7.11 Å². The molecule has 0 N–H and O–H groups in total. The number of fused-ring (bicyclic) bond motifs is 3. The van der Waals surface area contributed by atoms with E-state index in [-0.39, 0.29) is 11.5 Å². The number of carbonyl (C=O) groups excluding carboxylic acids is 1. The molecule has 2 heterocycles. The minimum Gasteiger partial charge on any atom is -0.465 e. The molecule has 0 amide bonds. The summed E-state index contributed by atoms with van der Waals surface area (Å²) in [5.74, 6) is 0.726. The number of nitrogens with zero attached hydrogens (tertiary/aromatic N) is 4. The molecule has 0 saturated carbocycles. The van der Waals surface area contributed by atoms with Gasteiger partial charge in [-0.25, -0.2) is 9.36 Å². The number of rotatable bonds is 5. The van der Waals surface area contributed by atoms with Crippen LogP contribution >= 0.6 is 11.8 Å². The van der Waals surface area contributed by atoms with Crippen LogP contribution in [0.1, 0.15) is 21.5 Å². The second kappa shape index (κ2) is 8.55. The maximum Gasteiger partial charge on any atom is 0.337 e. The molecule has 8 heteroatoms. The van der Waals surface area contributed by atoms with Crippen LogP contribution in [0.4, 0.5) is 0 Å². The Morgan fingerprint density at radius 3 is 2.42 bits per heavy atom. The maximum absolute atomic E-state index is 13.4. The second-order valence-electron chi connectivity index (χ2n) is 7.59. The van der Waals surface area contributed by atoms with Crippen molar-refractivity contribution in [3.05, 3.63) is 99.8 Å². The van der Waals surface area contributed by atoms with E-state index in [1.165, 1.54) is 18.9 Å². The van der Waals surface area contributed by atoms with Gasteiger partial charge >= 0.3 is 5.97 Å². The van der Waals surface area contributed by atoms with E-state index in [4.69, 9.17) is 4.74 Å². The molecule has 5 rings (SSSR count). The number of para-hydroxylation sites is 1. The first-order valence-corrected chi connectivity index (χ1v) is 11.3. The summed E-state index contributed by atoms with van der Waals surface area (Å²) in [7, 11) is 1.36. The number of hydrogen-bond acceptors (Lipinski definition) is 6. The average molecular weight is 457 g/mol. The Labute approximate surface area is 193 Å². The normalized spacial score (nSPS) is 11.2. The van der Waals surface area contributed by atoms with Gasteiger partial charge < -0.3 is 4.74 Å². The Morgan fingerprint density at radius 1 is 0.970 bits per heavy atom. The van der Waals surface area contributed by atoms with Crippen LogP contribution in [0.2, 0.25) is 0 Å². The highest BCUT2D eigenvalue weighted by molar-refractivity contribution is 7.98. The van der Waals surface area contributed by atoms with E-state index in [0.29, 0.717) is 27.6 Å². The van der Waals surface area contributed by atoms with Crippen LogP contribution in [0.3, 0.4) is 0 Å². The molecular weight excluding hydrogens is 436 g/mol. The van der Waals surface area contributed by atoms with Crippen molar-refractivity contribution < 1.29 is 9.53 Å². The minimum atomic E-state index is -0.363. The highest BCUT2D eigenvalue weighted by atomic mass is 32.2. The molecule has 2 aromatic heterocycles. The van der Waals surface area contributed by atoms with E-state index in [2.05, 4.69) is 10.2 Å². The molecule has 0 saturated heterocycles. The molecule has 0 radical (unpaired) electrons. The van der Waals surface area contributed by atoms with Crippen LogP contribution in [0.15, 0.2) is 82.7 Å². The molecule has 5 aromatic rings. The van der Waals surface area contributed by atoms with Gasteiger partial charge in [-0.1, -0.05) is 53.7 Å². The Bertz CT molecular complexity index is 1540. The lowest BCUT2D eigenvalue weighted by molar-refractivity contribution is 0.0600. The summed E-state index contributed by atoms with van der Waals surface area (Å²) in [6, 6.07) is 22.5. The monoisotopic (exact) mass is 456 g/mol. The molecule has 0 aliphatic carbocycles. The first-order valence-electron chi connectivity index (χ1n) is 10.3. The van der Waals surface area contributed by atoms with Crippen molar-refractivity contribution in [3.8, 4) is 5.69 Å². The fraction of sp³-hybridized carbons (Fsp3) is 0.120. The fourth-order valence-electron chi connectivity index (χ4n) is 3.70. The third-order valence-electron chi connectivity index (χ3n) is 5.43. The van der Waals surface area contributed by atoms with E-state index < -0.39 is 0 Å². The molecule has 0 fully saturated rings. The van der Waals surface area contributed by atoms with Crippen molar-refractivity contribution in [2.45, 2.75) is 17.8 Å². The molecule has 0 spiro atoms. The van der Waals surface area contributed by atoms with Crippen LogP contribution < -0.4 is 5.56 Å². The SMILES string of the molecule is COC(=O)c1ccc(CSc2nnc3n(-c4ccc(C)cc4)c(=O)c4ccccc4n23)cc1. The van der Waals surface area contributed by atoms with Gasteiger partial charge in [-0.2, -0.15) is 0 Å². The van der Waals surface area contributed by atoms with Gasteiger partial charge in [0.05, 0.1) is 29.3 Å². The van der Waals surface area contributed by atoms with Gasteiger partial charge in [-0.15, -0.1) is 10.2 Å². The Morgan fingerprint density at radius 2 is 1.70 bits per heavy atom. The van der Waals surface area contributed by atoms with Crippen LogP contribution in [-0.2, 0) is 10.5 Å². The zero-order chi connectivity index (χ0) is 22.9. The lowest BCUT2D eigenvalue weighted by Crippen LogP contribution is -2.21. The van der Waals surface area contributed by atoms with Gasteiger partial charge in [-0.05, 0) is 48.9 Å². The van der Waals surface area contributed by atoms with Crippen molar-refractivity contribution in [1.29, 1.82) is 0 Å². The molecule has 0 aliphatic heterocycles. The van der Waals surface area contributed by atoms with Gasteiger partial charge in [0.25, 0.3) is 5.56 Å². The van der Waals surface area contributed by atoms with Gasteiger partial charge in [0, 0.05) is 5.75 Å². The Kier molecular flexibility index (Phi) is 5.43. The van der Waals surface area contributed by atoms with Crippen molar-refractivity contribution in [1.82, 2.24) is 19.2 Å². The van der Waals surface area contributed by atoms with E-state index in [0.717, 1.165) is 22.3 Å². The standard InChI is InChI=1S/C25H20N4O3S/c1-16-7-13-19(14-8-16)28-22(30)20-5-3-4-6-21(20)29-24(28)26-27-25(29)33-15-17-9-11-18(12-10-17)23(31)32-2/h3-14H,15H2,1-2H3. The zero-order valence-electron chi connectivity index (χ0n) is 18.1. The highest BCUT2D eigenvalue weighted by Gasteiger charge is 2.18. The summed E-state index contributed by atoms with van der Waals surface area (Å²) in [6.07, 6.45) is 0. The van der Waals surface area contributed by atoms with Crippen LogP contribution in [0.5, 0.6) is 0 Å². The van der Waals surface area contributed by atoms with Crippen LogP contribution in [0.25, 0.3) is 22.4 Å². The van der Waals surface area contributed by atoms with Crippen molar-refractivity contribution >= 4 is 34.4 Å².